The van der Waals surface area contributed by atoms with Crippen LogP contribution < -0.4 is 10.5 Å². The fourth-order valence-electron chi connectivity index (χ4n) is 1.73. The van der Waals surface area contributed by atoms with E-state index in [-0.39, 0.29) is 5.82 Å². The lowest BCUT2D eigenvalue weighted by Gasteiger charge is -2.11. The predicted octanol–water partition coefficient (Wildman–Crippen LogP) is 3.47. The topological polar surface area (TPSA) is 35.2 Å². The molecule has 2 aromatic carbocycles. The van der Waals surface area contributed by atoms with Crippen LogP contribution in [0.3, 0.4) is 0 Å². The van der Waals surface area contributed by atoms with Crippen molar-refractivity contribution in [3.8, 4) is 16.9 Å². The standard InChI is InChI=1S/C14H14FNO/c1-2-17-14-6-4-3-5-11(14)12-9-10(15)7-8-13(12)16/h3-9H,2,16H2,1H3. The fraction of sp³-hybridized carbons (Fsp3) is 0.143. The van der Waals surface area contributed by atoms with E-state index in [0.717, 1.165) is 5.56 Å². The minimum atomic E-state index is -0.305. The first kappa shape index (κ1) is 11.5. The third kappa shape index (κ3) is 2.38. The van der Waals surface area contributed by atoms with Gasteiger partial charge in [0.15, 0.2) is 0 Å². The summed E-state index contributed by atoms with van der Waals surface area (Å²) >= 11 is 0. The molecular weight excluding hydrogens is 217 g/mol. The largest absolute Gasteiger partial charge is 0.493 e. The maximum Gasteiger partial charge on any atom is 0.127 e. The maximum absolute atomic E-state index is 13.3. The SMILES string of the molecule is CCOc1ccccc1-c1cc(F)ccc1N. The van der Waals surface area contributed by atoms with Crippen LogP contribution in [-0.4, -0.2) is 6.61 Å². The number of nitrogen functional groups attached to an aromatic ring is 1. The number of rotatable bonds is 3. The second kappa shape index (κ2) is 4.87. The number of ether oxygens (including phenoxy) is 1. The molecule has 88 valence electrons. The Balaban J connectivity index is 2.55. The van der Waals surface area contributed by atoms with Crippen LogP contribution in [0.15, 0.2) is 42.5 Å². The third-order valence-corrected chi connectivity index (χ3v) is 2.49. The lowest BCUT2D eigenvalue weighted by molar-refractivity contribution is 0.341. The van der Waals surface area contributed by atoms with Crippen LogP contribution >= 0.6 is 0 Å². The van der Waals surface area contributed by atoms with Gasteiger partial charge in [-0.1, -0.05) is 18.2 Å². The van der Waals surface area contributed by atoms with Gasteiger partial charge < -0.3 is 10.5 Å². The Morgan fingerprint density at radius 1 is 1.12 bits per heavy atom. The van der Waals surface area contributed by atoms with Gasteiger partial charge in [0.1, 0.15) is 11.6 Å². The minimum Gasteiger partial charge on any atom is -0.493 e. The number of hydrogen-bond donors (Lipinski definition) is 1. The molecule has 0 aliphatic heterocycles. The first-order chi connectivity index (χ1) is 8.22. The van der Waals surface area contributed by atoms with Crippen molar-refractivity contribution in [1.82, 2.24) is 0 Å². The van der Waals surface area contributed by atoms with Crippen molar-refractivity contribution in [2.75, 3.05) is 12.3 Å². The van der Waals surface area contributed by atoms with Crippen LogP contribution in [0, 0.1) is 5.82 Å². The molecule has 0 aromatic heterocycles. The average molecular weight is 231 g/mol. The second-order valence-electron chi connectivity index (χ2n) is 3.66. The molecule has 0 amide bonds. The number of halogens is 1. The highest BCUT2D eigenvalue weighted by Gasteiger charge is 2.09. The van der Waals surface area contributed by atoms with Crippen molar-refractivity contribution in [2.24, 2.45) is 0 Å². The summed E-state index contributed by atoms with van der Waals surface area (Å²) in [5, 5.41) is 0. The van der Waals surface area contributed by atoms with Gasteiger partial charge in [-0.2, -0.15) is 0 Å². The molecule has 0 heterocycles. The first-order valence-corrected chi connectivity index (χ1v) is 5.49. The molecule has 0 saturated heterocycles. The van der Waals surface area contributed by atoms with Crippen molar-refractivity contribution in [2.45, 2.75) is 6.92 Å². The highest BCUT2D eigenvalue weighted by Crippen LogP contribution is 2.33. The second-order valence-corrected chi connectivity index (χ2v) is 3.66. The van der Waals surface area contributed by atoms with Gasteiger partial charge in [0.2, 0.25) is 0 Å². The van der Waals surface area contributed by atoms with E-state index in [1.807, 2.05) is 31.2 Å². The molecule has 2 aromatic rings. The van der Waals surface area contributed by atoms with E-state index in [2.05, 4.69) is 0 Å². The zero-order valence-corrected chi connectivity index (χ0v) is 9.61. The number of para-hydroxylation sites is 1. The Kier molecular flexibility index (Phi) is 3.28. The van der Waals surface area contributed by atoms with Crippen molar-refractivity contribution < 1.29 is 9.13 Å². The summed E-state index contributed by atoms with van der Waals surface area (Å²) < 4.78 is 18.8. The molecule has 0 unspecified atom stereocenters. The molecule has 0 atom stereocenters. The lowest BCUT2D eigenvalue weighted by atomic mass is 10.0. The summed E-state index contributed by atoms with van der Waals surface area (Å²) in [7, 11) is 0. The van der Waals surface area contributed by atoms with E-state index in [4.69, 9.17) is 10.5 Å². The molecule has 0 fully saturated rings. The van der Waals surface area contributed by atoms with Gasteiger partial charge in [0.05, 0.1) is 6.61 Å². The Labute approximate surface area is 99.8 Å². The number of nitrogens with two attached hydrogens (primary N) is 1. The summed E-state index contributed by atoms with van der Waals surface area (Å²) in [5.41, 5.74) is 7.88. The summed E-state index contributed by atoms with van der Waals surface area (Å²) in [6.45, 7) is 2.47. The van der Waals surface area contributed by atoms with Gasteiger partial charge >= 0.3 is 0 Å². The molecule has 0 aliphatic carbocycles. The molecule has 0 radical (unpaired) electrons. The minimum absolute atomic E-state index is 0.305. The van der Waals surface area contributed by atoms with E-state index in [9.17, 15) is 4.39 Å². The smallest absolute Gasteiger partial charge is 0.127 e. The number of anilines is 1. The molecular formula is C14H14FNO. The van der Waals surface area contributed by atoms with Gasteiger partial charge in [-0.05, 0) is 31.2 Å². The molecule has 0 spiro atoms. The zero-order valence-electron chi connectivity index (χ0n) is 9.61. The number of hydrogen-bond acceptors (Lipinski definition) is 2. The van der Waals surface area contributed by atoms with Crippen molar-refractivity contribution in [1.29, 1.82) is 0 Å². The zero-order chi connectivity index (χ0) is 12.3. The van der Waals surface area contributed by atoms with Crippen LogP contribution in [0.4, 0.5) is 10.1 Å². The monoisotopic (exact) mass is 231 g/mol. The van der Waals surface area contributed by atoms with Crippen LogP contribution in [0.2, 0.25) is 0 Å². The van der Waals surface area contributed by atoms with Crippen LogP contribution in [0.1, 0.15) is 6.92 Å². The highest BCUT2D eigenvalue weighted by atomic mass is 19.1. The quantitative estimate of drug-likeness (QED) is 0.821. The van der Waals surface area contributed by atoms with Crippen molar-refractivity contribution in [3.63, 3.8) is 0 Å². The normalized spacial score (nSPS) is 10.2. The van der Waals surface area contributed by atoms with Gasteiger partial charge in [-0.15, -0.1) is 0 Å². The van der Waals surface area contributed by atoms with E-state index in [0.29, 0.717) is 23.6 Å². The number of benzene rings is 2. The van der Waals surface area contributed by atoms with Crippen LogP contribution in [0.5, 0.6) is 5.75 Å². The fourth-order valence-corrected chi connectivity index (χ4v) is 1.73. The summed E-state index contributed by atoms with van der Waals surface area (Å²) in [6, 6.07) is 11.8. The summed E-state index contributed by atoms with van der Waals surface area (Å²) in [6.07, 6.45) is 0. The average Bonchev–Trinajstić information content (AvgIpc) is 2.34. The first-order valence-electron chi connectivity index (χ1n) is 5.49. The van der Waals surface area contributed by atoms with Gasteiger partial charge in [0.25, 0.3) is 0 Å². The van der Waals surface area contributed by atoms with Crippen LogP contribution in [0.25, 0.3) is 11.1 Å². The molecule has 17 heavy (non-hydrogen) atoms. The van der Waals surface area contributed by atoms with Gasteiger partial charge in [0, 0.05) is 16.8 Å². The molecule has 0 saturated carbocycles. The Morgan fingerprint density at radius 2 is 1.88 bits per heavy atom. The Bertz CT molecular complexity index is 525. The molecule has 0 bridgehead atoms. The van der Waals surface area contributed by atoms with Crippen molar-refractivity contribution >= 4 is 5.69 Å². The van der Waals surface area contributed by atoms with E-state index in [1.165, 1.54) is 12.1 Å². The molecule has 0 aliphatic rings. The van der Waals surface area contributed by atoms with Crippen molar-refractivity contribution in [3.05, 3.63) is 48.3 Å². The van der Waals surface area contributed by atoms with E-state index in [1.54, 1.807) is 6.07 Å². The molecule has 3 heteroatoms. The summed E-state index contributed by atoms with van der Waals surface area (Å²) in [5.74, 6) is 0.410. The molecule has 2 rings (SSSR count). The lowest BCUT2D eigenvalue weighted by Crippen LogP contribution is -1.96. The Hall–Kier alpha value is -2.03. The highest BCUT2D eigenvalue weighted by molar-refractivity contribution is 5.80. The van der Waals surface area contributed by atoms with Crippen LogP contribution in [-0.2, 0) is 0 Å². The Morgan fingerprint density at radius 3 is 2.65 bits per heavy atom. The van der Waals surface area contributed by atoms with Gasteiger partial charge in [-0.3, -0.25) is 0 Å². The van der Waals surface area contributed by atoms with E-state index < -0.39 is 0 Å². The van der Waals surface area contributed by atoms with Gasteiger partial charge in [-0.25, -0.2) is 4.39 Å². The molecule has 2 nitrogen and oxygen atoms in total. The maximum atomic E-state index is 13.3. The summed E-state index contributed by atoms with van der Waals surface area (Å²) in [4.78, 5) is 0. The molecule has 2 N–H and O–H groups in total. The third-order valence-electron chi connectivity index (χ3n) is 2.49. The van der Waals surface area contributed by atoms with E-state index >= 15 is 0 Å². The predicted molar refractivity (Wildman–Crippen MR) is 67.4 cm³/mol.